The van der Waals surface area contributed by atoms with Crippen LogP contribution in [0.2, 0.25) is 0 Å². The van der Waals surface area contributed by atoms with Gasteiger partial charge in [-0.3, -0.25) is 0 Å². The lowest BCUT2D eigenvalue weighted by Gasteiger charge is -2.40. The van der Waals surface area contributed by atoms with Gasteiger partial charge in [0.1, 0.15) is 23.6 Å². The van der Waals surface area contributed by atoms with E-state index in [9.17, 15) is 14.7 Å². The summed E-state index contributed by atoms with van der Waals surface area (Å²) in [6, 6.07) is 27.1. The molecule has 9 heteroatoms. The number of aliphatic hydroxyl groups is 1. The van der Waals surface area contributed by atoms with Gasteiger partial charge in [-0.1, -0.05) is 85.5 Å². The first-order valence-corrected chi connectivity index (χ1v) is 14.1. The van der Waals surface area contributed by atoms with Crippen LogP contribution in [0.4, 0.5) is 9.59 Å². The largest absolute Gasteiger partial charge is 0.497 e. The second-order valence-corrected chi connectivity index (χ2v) is 11.2. The molecule has 230 valence electrons. The number of carbonyl (C=O) groups excluding carboxylic acids is 2. The minimum Gasteiger partial charge on any atom is -0.497 e. The normalized spacial score (nSPS) is 12.9. The summed E-state index contributed by atoms with van der Waals surface area (Å²) in [7, 11) is 1.60. The topological polar surface area (TPSA) is 115 Å². The van der Waals surface area contributed by atoms with Crippen LogP contribution < -0.4 is 15.4 Å². The van der Waals surface area contributed by atoms with E-state index in [2.05, 4.69) is 17.2 Å². The summed E-state index contributed by atoms with van der Waals surface area (Å²) in [5.74, 6) is 0.687. The zero-order chi connectivity index (χ0) is 31.3. The number of methoxy groups -OCH3 is 1. The maximum absolute atomic E-state index is 12.6. The molecule has 0 aliphatic rings. The molecular formula is C34H42N2O7. The fourth-order valence-electron chi connectivity index (χ4n) is 4.52. The van der Waals surface area contributed by atoms with Crippen LogP contribution in [-0.2, 0) is 19.8 Å². The number of hydrogen-bond acceptors (Lipinski definition) is 7. The molecule has 3 rings (SSSR count). The fourth-order valence-corrected chi connectivity index (χ4v) is 4.52. The van der Waals surface area contributed by atoms with Crippen molar-refractivity contribution >= 4 is 12.2 Å². The van der Waals surface area contributed by atoms with Gasteiger partial charge >= 0.3 is 12.2 Å². The SMILES string of the molecule is C=CCOC(=O)NCC(CO)(CNC(=O)OC(C)(C)C)COC(c1ccccc1)(c1ccccc1)c1ccc(OC)cc1. The number of benzene rings is 3. The fraction of sp³-hybridized carbons (Fsp3) is 0.353. The van der Waals surface area contributed by atoms with Crippen molar-refractivity contribution in [2.24, 2.45) is 5.41 Å². The highest BCUT2D eigenvalue weighted by atomic mass is 16.6. The number of hydrogen-bond donors (Lipinski definition) is 3. The lowest BCUT2D eigenvalue weighted by atomic mass is 9.79. The highest BCUT2D eigenvalue weighted by Gasteiger charge is 2.42. The number of aliphatic hydroxyl groups excluding tert-OH is 1. The van der Waals surface area contributed by atoms with Gasteiger partial charge in [-0.2, -0.15) is 0 Å². The minimum absolute atomic E-state index is 0.0210. The van der Waals surface area contributed by atoms with Crippen molar-refractivity contribution < 1.29 is 33.6 Å². The first kappa shape index (κ1) is 33.2. The van der Waals surface area contributed by atoms with E-state index in [-0.39, 0.29) is 26.3 Å². The molecule has 2 amide bonds. The van der Waals surface area contributed by atoms with Gasteiger partial charge in [-0.25, -0.2) is 9.59 Å². The quantitative estimate of drug-likeness (QED) is 0.170. The van der Waals surface area contributed by atoms with Crippen molar-refractivity contribution in [3.8, 4) is 5.75 Å². The Morgan fingerprint density at radius 2 is 1.33 bits per heavy atom. The Kier molecular flexibility index (Phi) is 11.7. The molecule has 3 aromatic carbocycles. The first-order valence-electron chi connectivity index (χ1n) is 14.1. The molecule has 0 heterocycles. The van der Waals surface area contributed by atoms with Gasteiger partial charge in [-0.15, -0.1) is 0 Å². The molecule has 0 aliphatic carbocycles. The zero-order valence-electron chi connectivity index (χ0n) is 25.3. The van der Waals surface area contributed by atoms with E-state index in [1.54, 1.807) is 27.9 Å². The van der Waals surface area contributed by atoms with Crippen LogP contribution in [0.1, 0.15) is 37.5 Å². The molecule has 3 aromatic rings. The number of carbonyl (C=O) groups is 2. The number of rotatable bonds is 14. The van der Waals surface area contributed by atoms with E-state index in [0.29, 0.717) is 5.75 Å². The van der Waals surface area contributed by atoms with Gasteiger partial charge in [0.2, 0.25) is 0 Å². The summed E-state index contributed by atoms with van der Waals surface area (Å²) in [5, 5.41) is 16.2. The van der Waals surface area contributed by atoms with E-state index < -0.39 is 35.4 Å². The summed E-state index contributed by atoms with van der Waals surface area (Å²) in [6.45, 7) is 8.19. The Balaban J connectivity index is 2.07. The molecule has 0 saturated carbocycles. The molecule has 0 fully saturated rings. The second kappa shape index (κ2) is 15.2. The Morgan fingerprint density at radius 3 is 1.79 bits per heavy atom. The summed E-state index contributed by atoms with van der Waals surface area (Å²) in [5.41, 5.74) is -0.529. The van der Waals surface area contributed by atoms with Crippen molar-refractivity contribution in [1.29, 1.82) is 0 Å². The van der Waals surface area contributed by atoms with Crippen LogP contribution in [-0.4, -0.2) is 62.9 Å². The molecule has 1 atom stereocenters. The third-order valence-corrected chi connectivity index (χ3v) is 6.73. The molecule has 0 aromatic heterocycles. The summed E-state index contributed by atoms with van der Waals surface area (Å²) in [4.78, 5) is 25.0. The van der Waals surface area contributed by atoms with E-state index in [1.807, 2.05) is 84.9 Å². The Bertz CT molecular complexity index is 1270. The van der Waals surface area contributed by atoms with Crippen molar-refractivity contribution in [3.63, 3.8) is 0 Å². The Labute approximate surface area is 253 Å². The molecule has 43 heavy (non-hydrogen) atoms. The number of alkyl carbamates (subject to hydrolysis) is 2. The van der Waals surface area contributed by atoms with Crippen LogP contribution >= 0.6 is 0 Å². The van der Waals surface area contributed by atoms with Crippen molar-refractivity contribution in [1.82, 2.24) is 10.6 Å². The third-order valence-electron chi connectivity index (χ3n) is 6.73. The average molecular weight is 591 g/mol. The minimum atomic E-state index is -1.18. The average Bonchev–Trinajstić information content (AvgIpc) is 3.02. The Hall–Kier alpha value is -4.34. The highest BCUT2D eigenvalue weighted by molar-refractivity contribution is 5.68. The number of ether oxygens (including phenoxy) is 4. The van der Waals surface area contributed by atoms with Gasteiger partial charge < -0.3 is 34.7 Å². The van der Waals surface area contributed by atoms with Crippen LogP contribution in [0.3, 0.4) is 0 Å². The smallest absolute Gasteiger partial charge is 0.407 e. The molecule has 0 saturated heterocycles. The Morgan fingerprint density at radius 1 is 0.814 bits per heavy atom. The number of nitrogens with one attached hydrogen (secondary N) is 2. The maximum Gasteiger partial charge on any atom is 0.407 e. The van der Waals surface area contributed by atoms with Gasteiger partial charge in [0.05, 0.1) is 25.7 Å². The molecule has 0 aliphatic heterocycles. The van der Waals surface area contributed by atoms with Gasteiger partial charge in [-0.05, 0) is 49.6 Å². The maximum atomic E-state index is 12.6. The monoisotopic (exact) mass is 590 g/mol. The molecule has 3 N–H and O–H groups in total. The molecule has 9 nitrogen and oxygen atoms in total. The number of amides is 2. The summed E-state index contributed by atoms with van der Waals surface area (Å²) in [6.07, 6.45) is 0.101. The third kappa shape index (κ3) is 9.07. The lowest BCUT2D eigenvalue weighted by molar-refractivity contribution is -0.0575. The van der Waals surface area contributed by atoms with Crippen LogP contribution in [0.5, 0.6) is 5.75 Å². The van der Waals surface area contributed by atoms with Crippen LogP contribution in [0.25, 0.3) is 0 Å². The van der Waals surface area contributed by atoms with Crippen LogP contribution in [0, 0.1) is 5.41 Å². The van der Waals surface area contributed by atoms with Crippen molar-refractivity contribution in [3.05, 3.63) is 114 Å². The van der Waals surface area contributed by atoms with Crippen LogP contribution in [0.15, 0.2) is 97.6 Å². The molecule has 0 spiro atoms. The predicted molar refractivity (Wildman–Crippen MR) is 165 cm³/mol. The molecular weight excluding hydrogens is 548 g/mol. The highest BCUT2D eigenvalue weighted by Crippen LogP contribution is 2.42. The molecule has 0 radical (unpaired) electrons. The van der Waals surface area contributed by atoms with E-state index in [0.717, 1.165) is 16.7 Å². The lowest BCUT2D eigenvalue weighted by Crippen LogP contribution is -2.52. The van der Waals surface area contributed by atoms with Gasteiger partial charge in [0, 0.05) is 13.1 Å². The molecule has 1 unspecified atom stereocenters. The molecule has 0 bridgehead atoms. The predicted octanol–water partition coefficient (Wildman–Crippen LogP) is 5.42. The summed E-state index contributed by atoms with van der Waals surface area (Å²) < 4.78 is 22.9. The summed E-state index contributed by atoms with van der Waals surface area (Å²) >= 11 is 0. The van der Waals surface area contributed by atoms with Gasteiger partial charge in [0.15, 0.2) is 0 Å². The second-order valence-electron chi connectivity index (χ2n) is 11.2. The van der Waals surface area contributed by atoms with E-state index in [4.69, 9.17) is 18.9 Å². The first-order chi connectivity index (χ1) is 20.6. The zero-order valence-corrected chi connectivity index (χ0v) is 25.3. The van der Waals surface area contributed by atoms with E-state index >= 15 is 0 Å². The van der Waals surface area contributed by atoms with Gasteiger partial charge in [0.25, 0.3) is 0 Å². The standard InChI is InChI=1S/C34H42N2O7/c1-6-21-41-30(38)35-22-33(24-37,23-36-31(39)43-32(2,3)4)25-42-34(26-13-9-7-10-14-26,27-15-11-8-12-16-27)28-17-19-29(40-5)20-18-28/h6-20,37H,1,21-25H2,2-5H3,(H,35,38)(H,36,39). The van der Waals surface area contributed by atoms with Crippen molar-refractivity contribution in [2.75, 3.05) is 40.0 Å². The van der Waals surface area contributed by atoms with Crippen molar-refractivity contribution in [2.45, 2.75) is 32.0 Å². The van der Waals surface area contributed by atoms with E-state index in [1.165, 1.54) is 6.08 Å².